The summed E-state index contributed by atoms with van der Waals surface area (Å²) in [5, 5.41) is 0. The number of hydrogen-bond acceptors (Lipinski definition) is 3. The first kappa shape index (κ1) is 16.2. The Kier molecular flexibility index (Phi) is 4.22. The van der Waals surface area contributed by atoms with Gasteiger partial charge in [0.1, 0.15) is 6.61 Å². The number of amides is 1. The van der Waals surface area contributed by atoms with Gasteiger partial charge in [-0.15, -0.1) is 0 Å². The molecule has 4 heteroatoms. The van der Waals surface area contributed by atoms with Gasteiger partial charge in [-0.3, -0.25) is 9.80 Å². The molecule has 1 amide bonds. The molecule has 1 spiro atoms. The lowest BCUT2D eigenvalue weighted by Gasteiger charge is -2.42. The highest BCUT2D eigenvalue weighted by Gasteiger charge is 2.49. The van der Waals surface area contributed by atoms with Gasteiger partial charge in [0.05, 0.1) is 5.54 Å². The molecule has 25 heavy (non-hydrogen) atoms. The minimum atomic E-state index is -0.206. The molecule has 4 nitrogen and oxygen atoms in total. The second kappa shape index (κ2) is 6.52. The molecule has 0 saturated carbocycles. The van der Waals surface area contributed by atoms with Crippen molar-refractivity contribution in [1.82, 2.24) is 4.90 Å². The van der Waals surface area contributed by atoms with Crippen molar-refractivity contribution in [2.75, 3.05) is 24.6 Å². The van der Waals surface area contributed by atoms with Gasteiger partial charge in [-0.1, -0.05) is 42.5 Å². The summed E-state index contributed by atoms with van der Waals surface area (Å²) in [4.78, 5) is 16.8. The molecule has 0 unspecified atom stereocenters. The lowest BCUT2D eigenvalue weighted by molar-refractivity contribution is 0.129. The Labute approximate surface area is 149 Å². The van der Waals surface area contributed by atoms with Crippen LogP contribution in [0, 0.1) is 6.92 Å². The van der Waals surface area contributed by atoms with E-state index in [9.17, 15) is 4.79 Å². The number of cyclic esters (lactones) is 1. The normalized spacial score (nSPS) is 20.0. The SMILES string of the molecule is Cc1cccc(N2C(=O)OCC23CCN(Cc2ccccc2)CC3)c1. The number of piperidine rings is 1. The van der Waals surface area contributed by atoms with Crippen molar-refractivity contribution >= 4 is 11.8 Å². The Morgan fingerprint density at radius 1 is 1.04 bits per heavy atom. The zero-order valence-corrected chi connectivity index (χ0v) is 14.6. The molecule has 2 saturated heterocycles. The molecule has 130 valence electrons. The van der Waals surface area contributed by atoms with Crippen LogP contribution < -0.4 is 4.90 Å². The van der Waals surface area contributed by atoms with Crippen LogP contribution in [0.15, 0.2) is 54.6 Å². The zero-order chi connectivity index (χ0) is 17.3. The maximum absolute atomic E-state index is 12.4. The van der Waals surface area contributed by atoms with E-state index in [0.717, 1.165) is 43.7 Å². The molecule has 0 atom stereocenters. The van der Waals surface area contributed by atoms with Gasteiger partial charge in [-0.25, -0.2) is 4.79 Å². The monoisotopic (exact) mass is 336 g/mol. The summed E-state index contributed by atoms with van der Waals surface area (Å²) in [5.41, 5.74) is 3.26. The van der Waals surface area contributed by atoms with Crippen molar-refractivity contribution in [2.45, 2.75) is 31.8 Å². The van der Waals surface area contributed by atoms with Crippen LogP contribution in [0.25, 0.3) is 0 Å². The molecule has 0 aliphatic carbocycles. The standard InChI is InChI=1S/C21H24N2O2/c1-17-6-5-9-19(14-17)23-20(24)25-16-21(23)10-12-22(13-11-21)15-18-7-3-2-4-8-18/h2-9,14H,10-13,15-16H2,1H3. The largest absolute Gasteiger partial charge is 0.447 e. The topological polar surface area (TPSA) is 32.8 Å². The molecule has 2 aliphatic rings. The molecule has 2 fully saturated rings. The third-order valence-electron chi connectivity index (χ3n) is 5.42. The number of aryl methyl sites for hydroxylation is 1. The molecule has 2 aromatic rings. The second-order valence-electron chi connectivity index (χ2n) is 7.22. The van der Waals surface area contributed by atoms with Crippen LogP contribution in [0.3, 0.4) is 0 Å². The molecule has 0 radical (unpaired) electrons. The Hall–Kier alpha value is -2.33. The zero-order valence-electron chi connectivity index (χ0n) is 14.6. The number of likely N-dealkylation sites (tertiary alicyclic amines) is 1. The summed E-state index contributed by atoms with van der Waals surface area (Å²) in [6.07, 6.45) is 1.68. The molecule has 4 rings (SSSR count). The second-order valence-corrected chi connectivity index (χ2v) is 7.22. The minimum Gasteiger partial charge on any atom is -0.447 e. The van der Waals surface area contributed by atoms with E-state index in [1.54, 1.807) is 0 Å². The molecule has 0 aromatic heterocycles. The van der Waals surface area contributed by atoms with Crippen LogP contribution in [-0.4, -0.2) is 36.2 Å². The third kappa shape index (κ3) is 3.14. The van der Waals surface area contributed by atoms with E-state index in [0.29, 0.717) is 6.61 Å². The van der Waals surface area contributed by atoms with Crippen molar-refractivity contribution in [3.05, 3.63) is 65.7 Å². The number of nitrogens with zero attached hydrogens (tertiary/aromatic N) is 2. The summed E-state index contributed by atoms with van der Waals surface area (Å²) in [6, 6.07) is 18.7. The summed E-state index contributed by atoms with van der Waals surface area (Å²) in [7, 11) is 0. The lowest BCUT2D eigenvalue weighted by atomic mass is 9.86. The fourth-order valence-corrected chi connectivity index (χ4v) is 4.00. The number of benzene rings is 2. The Bertz CT molecular complexity index is 752. The Balaban J connectivity index is 1.50. The summed E-state index contributed by atoms with van der Waals surface area (Å²) < 4.78 is 5.48. The Morgan fingerprint density at radius 3 is 2.52 bits per heavy atom. The van der Waals surface area contributed by atoms with Gasteiger partial charge in [-0.05, 0) is 43.0 Å². The third-order valence-corrected chi connectivity index (χ3v) is 5.42. The predicted octanol–water partition coefficient (Wildman–Crippen LogP) is 3.99. The van der Waals surface area contributed by atoms with Gasteiger partial charge in [0.15, 0.2) is 0 Å². The maximum Gasteiger partial charge on any atom is 0.415 e. The number of rotatable bonds is 3. The quantitative estimate of drug-likeness (QED) is 0.850. The molecule has 0 bridgehead atoms. The summed E-state index contributed by atoms with van der Waals surface area (Å²) in [6.45, 7) is 5.48. The molecule has 2 aromatic carbocycles. The van der Waals surface area contributed by atoms with Crippen molar-refractivity contribution < 1.29 is 9.53 Å². The molecular weight excluding hydrogens is 312 g/mol. The lowest BCUT2D eigenvalue weighted by Crippen LogP contribution is -2.54. The van der Waals surface area contributed by atoms with Crippen LogP contribution in [0.1, 0.15) is 24.0 Å². The van der Waals surface area contributed by atoms with E-state index in [4.69, 9.17) is 4.74 Å². The highest BCUT2D eigenvalue weighted by atomic mass is 16.6. The van der Waals surface area contributed by atoms with Gasteiger partial charge in [0.2, 0.25) is 0 Å². The first-order valence-corrected chi connectivity index (χ1v) is 8.96. The number of hydrogen-bond donors (Lipinski definition) is 0. The van der Waals surface area contributed by atoms with Crippen molar-refractivity contribution in [1.29, 1.82) is 0 Å². The van der Waals surface area contributed by atoms with Gasteiger partial charge in [0.25, 0.3) is 0 Å². The van der Waals surface area contributed by atoms with Crippen LogP contribution >= 0.6 is 0 Å². The molecule has 2 heterocycles. The van der Waals surface area contributed by atoms with E-state index < -0.39 is 0 Å². The predicted molar refractivity (Wildman–Crippen MR) is 98.7 cm³/mol. The average molecular weight is 336 g/mol. The average Bonchev–Trinajstić information content (AvgIpc) is 2.94. The van der Waals surface area contributed by atoms with E-state index in [1.165, 1.54) is 5.56 Å². The highest BCUT2D eigenvalue weighted by Crippen LogP contribution is 2.38. The fourth-order valence-electron chi connectivity index (χ4n) is 4.00. The van der Waals surface area contributed by atoms with Gasteiger partial charge in [0, 0.05) is 25.3 Å². The number of ether oxygens (including phenoxy) is 1. The van der Waals surface area contributed by atoms with Crippen molar-refractivity contribution in [3.63, 3.8) is 0 Å². The number of anilines is 1. The van der Waals surface area contributed by atoms with E-state index in [1.807, 2.05) is 17.0 Å². The van der Waals surface area contributed by atoms with Crippen molar-refractivity contribution in [2.24, 2.45) is 0 Å². The first-order valence-electron chi connectivity index (χ1n) is 8.96. The van der Waals surface area contributed by atoms with Gasteiger partial charge >= 0.3 is 6.09 Å². The molecule has 0 N–H and O–H groups in total. The van der Waals surface area contributed by atoms with Gasteiger partial charge < -0.3 is 4.74 Å². The van der Waals surface area contributed by atoms with E-state index in [-0.39, 0.29) is 11.6 Å². The van der Waals surface area contributed by atoms with Crippen molar-refractivity contribution in [3.8, 4) is 0 Å². The van der Waals surface area contributed by atoms with Crippen LogP contribution in [0.5, 0.6) is 0 Å². The molecular formula is C21H24N2O2. The highest BCUT2D eigenvalue weighted by molar-refractivity contribution is 5.91. The van der Waals surface area contributed by atoms with E-state index in [2.05, 4.69) is 54.3 Å². The number of carbonyl (C=O) groups excluding carboxylic acids is 1. The maximum atomic E-state index is 12.4. The fraction of sp³-hybridized carbons (Fsp3) is 0.381. The van der Waals surface area contributed by atoms with E-state index >= 15 is 0 Å². The molecule has 2 aliphatic heterocycles. The van der Waals surface area contributed by atoms with Crippen LogP contribution in [-0.2, 0) is 11.3 Å². The smallest absolute Gasteiger partial charge is 0.415 e. The summed E-state index contributed by atoms with van der Waals surface area (Å²) in [5.74, 6) is 0. The number of carbonyl (C=O) groups is 1. The van der Waals surface area contributed by atoms with Crippen LogP contribution in [0.4, 0.5) is 10.5 Å². The summed E-state index contributed by atoms with van der Waals surface area (Å²) >= 11 is 0. The Morgan fingerprint density at radius 2 is 1.80 bits per heavy atom. The minimum absolute atomic E-state index is 0.196. The first-order chi connectivity index (χ1) is 12.2. The van der Waals surface area contributed by atoms with Gasteiger partial charge in [-0.2, -0.15) is 0 Å². The van der Waals surface area contributed by atoms with Crippen LogP contribution in [0.2, 0.25) is 0 Å².